The number of rotatable bonds is 9. The topological polar surface area (TPSA) is 40.5 Å². The fourth-order valence-corrected chi connectivity index (χ4v) is 2.18. The molecule has 0 fully saturated rings. The molecule has 1 aromatic carbocycles. The van der Waals surface area contributed by atoms with Crippen molar-refractivity contribution in [2.24, 2.45) is 0 Å². The van der Waals surface area contributed by atoms with Crippen LogP contribution in [0.15, 0.2) is 18.2 Å². The number of benzene rings is 1. The molecule has 4 heteroatoms. The van der Waals surface area contributed by atoms with Gasteiger partial charge in [-0.2, -0.15) is 0 Å². The van der Waals surface area contributed by atoms with Crippen molar-refractivity contribution in [3.63, 3.8) is 0 Å². The largest absolute Gasteiger partial charge is 0.478 e. The first-order chi connectivity index (χ1) is 9.58. The molecule has 1 aromatic rings. The van der Waals surface area contributed by atoms with Gasteiger partial charge in [-0.1, -0.05) is 26.7 Å². The molecule has 0 saturated carbocycles. The smallest absolute Gasteiger partial charge is 0.336 e. The molecule has 0 aliphatic carbocycles. The van der Waals surface area contributed by atoms with Gasteiger partial charge in [0, 0.05) is 6.54 Å². The van der Waals surface area contributed by atoms with E-state index in [9.17, 15) is 14.3 Å². The van der Waals surface area contributed by atoms with Crippen LogP contribution in [-0.2, 0) is 6.54 Å². The van der Waals surface area contributed by atoms with Crippen molar-refractivity contribution in [2.45, 2.75) is 46.1 Å². The predicted molar refractivity (Wildman–Crippen MR) is 78.5 cm³/mol. The van der Waals surface area contributed by atoms with E-state index < -0.39 is 5.97 Å². The van der Waals surface area contributed by atoms with Gasteiger partial charge in [-0.05, 0) is 49.7 Å². The molecule has 0 atom stereocenters. The summed E-state index contributed by atoms with van der Waals surface area (Å²) in [7, 11) is 0. The Morgan fingerprint density at radius 1 is 1.20 bits per heavy atom. The summed E-state index contributed by atoms with van der Waals surface area (Å²) in [5.74, 6) is -1.37. The third-order valence-electron chi connectivity index (χ3n) is 3.35. The highest BCUT2D eigenvalue weighted by atomic mass is 19.1. The van der Waals surface area contributed by atoms with Crippen molar-refractivity contribution in [1.29, 1.82) is 0 Å². The van der Waals surface area contributed by atoms with Crippen LogP contribution in [0.2, 0.25) is 0 Å². The van der Waals surface area contributed by atoms with Gasteiger partial charge in [0.05, 0.1) is 5.56 Å². The van der Waals surface area contributed by atoms with E-state index in [1.54, 1.807) is 0 Å². The van der Waals surface area contributed by atoms with Crippen LogP contribution in [0.3, 0.4) is 0 Å². The van der Waals surface area contributed by atoms with Crippen molar-refractivity contribution in [1.82, 2.24) is 4.90 Å². The van der Waals surface area contributed by atoms with E-state index in [-0.39, 0.29) is 11.4 Å². The Kier molecular flexibility index (Phi) is 7.23. The minimum absolute atomic E-state index is 0.199. The van der Waals surface area contributed by atoms with Crippen LogP contribution in [0.5, 0.6) is 0 Å². The zero-order valence-corrected chi connectivity index (χ0v) is 12.4. The number of unbranched alkanes of at least 4 members (excludes halogenated alkanes) is 2. The third-order valence-corrected chi connectivity index (χ3v) is 3.35. The predicted octanol–water partition coefficient (Wildman–Crippen LogP) is 3.93. The summed E-state index contributed by atoms with van der Waals surface area (Å²) in [6.45, 7) is 6.60. The molecule has 0 unspecified atom stereocenters. The fourth-order valence-electron chi connectivity index (χ4n) is 2.18. The minimum Gasteiger partial charge on any atom is -0.478 e. The maximum Gasteiger partial charge on any atom is 0.336 e. The molecule has 0 amide bonds. The lowest BCUT2D eigenvalue weighted by molar-refractivity contribution is 0.0694. The average Bonchev–Trinajstić information content (AvgIpc) is 2.41. The van der Waals surface area contributed by atoms with Gasteiger partial charge in [0.1, 0.15) is 5.82 Å². The molecule has 0 radical (unpaired) electrons. The Morgan fingerprint density at radius 3 is 2.30 bits per heavy atom. The van der Waals surface area contributed by atoms with Crippen LogP contribution < -0.4 is 0 Å². The molecular weight excluding hydrogens is 257 g/mol. The maximum absolute atomic E-state index is 13.4. The second-order valence-corrected chi connectivity index (χ2v) is 5.09. The van der Waals surface area contributed by atoms with Crippen molar-refractivity contribution < 1.29 is 14.3 Å². The summed E-state index contributed by atoms with van der Waals surface area (Å²) in [6, 6.07) is 3.90. The summed E-state index contributed by atoms with van der Waals surface area (Å²) in [6.07, 6.45) is 4.33. The van der Waals surface area contributed by atoms with E-state index in [0.29, 0.717) is 12.1 Å². The molecule has 0 heterocycles. The Morgan fingerprint density at radius 2 is 1.80 bits per heavy atom. The Labute approximate surface area is 120 Å². The number of carbonyl (C=O) groups is 1. The summed E-state index contributed by atoms with van der Waals surface area (Å²) in [5.41, 5.74) is 0.758. The van der Waals surface area contributed by atoms with Crippen LogP contribution in [0.25, 0.3) is 0 Å². The average molecular weight is 281 g/mol. The highest BCUT2D eigenvalue weighted by molar-refractivity contribution is 5.89. The zero-order chi connectivity index (χ0) is 15.0. The molecule has 0 bridgehead atoms. The van der Waals surface area contributed by atoms with E-state index in [1.165, 1.54) is 18.2 Å². The minimum atomic E-state index is -0.995. The molecule has 20 heavy (non-hydrogen) atoms. The van der Waals surface area contributed by atoms with Crippen molar-refractivity contribution in [3.8, 4) is 0 Å². The monoisotopic (exact) mass is 281 g/mol. The number of carboxylic acid groups (broad SMARTS) is 1. The van der Waals surface area contributed by atoms with Gasteiger partial charge in [0.15, 0.2) is 0 Å². The van der Waals surface area contributed by atoms with E-state index in [2.05, 4.69) is 18.7 Å². The lowest BCUT2D eigenvalue weighted by Crippen LogP contribution is -2.26. The van der Waals surface area contributed by atoms with Crippen LogP contribution in [0.1, 0.15) is 55.5 Å². The second-order valence-electron chi connectivity index (χ2n) is 5.09. The first-order valence-corrected chi connectivity index (χ1v) is 7.32. The Bertz CT molecular complexity index is 426. The third kappa shape index (κ3) is 5.29. The molecular formula is C16H24FNO2. The lowest BCUT2D eigenvalue weighted by atomic mass is 10.1. The van der Waals surface area contributed by atoms with Crippen LogP contribution in [-0.4, -0.2) is 29.1 Å². The number of aromatic carboxylic acids is 1. The van der Waals surface area contributed by atoms with Gasteiger partial charge in [-0.15, -0.1) is 0 Å². The zero-order valence-electron chi connectivity index (χ0n) is 12.4. The van der Waals surface area contributed by atoms with Gasteiger partial charge in [0.25, 0.3) is 0 Å². The normalized spacial score (nSPS) is 11.0. The summed E-state index contributed by atoms with van der Waals surface area (Å²) in [5, 5.41) is 9.18. The molecule has 1 rings (SSSR count). The van der Waals surface area contributed by atoms with E-state index in [0.717, 1.165) is 38.8 Å². The van der Waals surface area contributed by atoms with E-state index in [1.807, 2.05) is 0 Å². The SMILES string of the molecule is CCCCN(CCCC)Cc1cc(F)ccc1C(=O)O. The van der Waals surface area contributed by atoms with E-state index >= 15 is 0 Å². The van der Waals surface area contributed by atoms with Crippen molar-refractivity contribution in [3.05, 3.63) is 35.1 Å². The highest BCUT2D eigenvalue weighted by Crippen LogP contribution is 2.15. The fraction of sp³-hybridized carbons (Fsp3) is 0.562. The second kappa shape index (κ2) is 8.69. The highest BCUT2D eigenvalue weighted by Gasteiger charge is 2.14. The molecule has 3 nitrogen and oxygen atoms in total. The Balaban J connectivity index is 2.84. The number of hydrogen-bond acceptors (Lipinski definition) is 2. The molecule has 0 aromatic heterocycles. The molecule has 1 N–H and O–H groups in total. The molecule has 0 saturated heterocycles. The quantitative estimate of drug-likeness (QED) is 0.745. The number of halogens is 1. The van der Waals surface area contributed by atoms with Gasteiger partial charge >= 0.3 is 5.97 Å². The maximum atomic E-state index is 13.4. The van der Waals surface area contributed by atoms with Gasteiger partial charge in [-0.3, -0.25) is 4.90 Å². The molecule has 112 valence electrons. The van der Waals surface area contributed by atoms with Gasteiger partial charge < -0.3 is 5.11 Å². The first kappa shape index (κ1) is 16.6. The molecule has 0 spiro atoms. The number of hydrogen-bond donors (Lipinski definition) is 1. The standard InChI is InChI=1S/C16H24FNO2/c1-3-5-9-18(10-6-4-2)12-13-11-14(17)7-8-15(13)16(19)20/h7-8,11H,3-6,9-10,12H2,1-2H3,(H,19,20). The number of carboxylic acids is 1. The lowest BCUT2D eigenvalue weighted by Gasteiger charge is -2.22. The summed E-state index contributed by atoms with van der Waals surface area (Å²) in [4.78, 5) is 13.4. The summed E-state index contributed by atoms with van der Waals surface area (Å²) >= 11 is 0. The first-order valence-electron chi connectivity index (χ1n) is 7.32. The van der Waals surface area contributed by atoms with Crippen molar-refractivity contribution >= 4 is 5.97 Å². The van der Waals surface area contributed by atoms with Crippen LogP contribution >= 0.6 is 0 Å². The number of nitrogens with zero attached hydrogens (tertiary/aromatic N) is 1. The van der Waals surface area contributed by atoms with Gasteiger partial charge in [0.2, 0.25) is 0 Å². The Hall–Kier alpha value is -1.42. The van der Waals surface area contributed by atoms with E-state index in [4.69, 9.17) is 0 Å². The van der Waals surface area contributed by atoms with Crippen molar-refractivity contribution in [2.75, 3.05) is 13.1 Å². The molecule has 0 aliphatic rings. The van der Waals surface area contributed by atoms with Crippen LogP contribution in [0, 0.1) is 5.82 Å². The molecule has 0 aliphatic heterocycles. The van der Waals surface area contributed by atoms with Gasteiger partial charge in [-0.25, -0.2) is 9.18 Å². The summed E-state index contributed by atoms with van der Waals surface area (Å²) < 4.78 is 13.4. The van der Waals surface area contributed by atoms with Crippen LogP contribution in [0.4, 0.5) is 4.39 Å².